The Kier molecular flexibility index (Phi) is 22.9. The Hall–Kier alpha value is -5.73. The fraction of sp³-hybridized carbons (Fsp3) is 0.625. The Morgan fingerprint density at radius 3 is 2.15 bits per heavy atom. The number of ether oxygens (including phenoxy) is 1. The van der Waals surface area contributed by atoms with Gasteiger partial charge < -0.3 is 58.7 Å². The van der Waals surface area contributed by atoms with Crippen molar-refractivity contribution in [3.05, 3.63) is 24.3 Å². The van der Waals surface area contributed by atoms with Crippen molar-refractivity contribution in [2.75, 3.05) is 39.0 Å². The van der Waals surface area contributed by atoms with Crippen LogP contribution in [-0.2, 0) is 48.2 Å². The Morgan fingerprint density at radius 1 is 0.803 bits per heavy atom. The zero-order valence-corrected chi connectivity index (χ0v) is 38.6. The van der Waals surface area contributed by atoms with Gasteiger partial charge in [0.05, 0.1) is 43.6 Å². The molecule has 368 valence electrons. The molecule has 0 aromatic heterocycles. The summed E-state index contributed by atoms with van der Waals surface area (Å²) in [7, 11) is -3.21. The summed E-state index contributed by atoms with van der Waals surface area (Å²) in [6.45, 7) is 0.689. The second-order valence-corrected chi connectivity index (χ2v) is 19.2. The van der Waals surface area contributed by atoms with Crippen molar-refractivity contribution < 1.29 is 61.5 Å². The van der Waals surface area contributed by atoms with Crippen LogP contribution in [0.2, 0.25) is 0 Å². The minimum atomic E-state index is -4.57. The molecule has 1 aromatic rings. The van der Waals surface area contributed by atoms with Crippen molar-refractivity contribution in [2.24, 2.45) is 11.5 Å². The van der Waals surface area contributed by atoms with E-state index in [0.29, 0.717) is 56.1 Å². The highest BCUT2D eigenvalue weighted by atomic mass is 32.2. The van der Waals surface area contributed by atoms with E-state index in [1.807, 2.05) is 11.8 Å². The van der Waals surface area contributed by atoms with E-state index < -0.39 is 94.1 Å². The highest BCUT2D eigenvalue weighted by Gasteiger charge is 2.42. The number of primary amides is 1. The summed E-state index contributed by atoms with van der Waals surface area (Å²) < 4.78 is 32.1. The SMILES string of the molecule is COc1ccc(S(=O)(=O)C(CC(=O)NO)C(=O)N[C@@H](CCCCN)C(=O)N[C@@H](C)C(=O)NCC(=O)NCC(=O)N[C@@H](CCCCNC(=O)CCCC[C@@H]2SC[C@@H]3NC(=O)N[C@@H]32)C(N)=O)cc1. The first kappa shape index (κ1) is 54.6. The van der Waals surface area contributed by atoms with Crippen LogP contribution in [0, 0.1) is 0 Å². The molecule has 2 aliphatic rings. The highest BCUT2D eigenvalue weighted by Crippen LogP contribution is 2.33. The van der Waals surface area contributed by atoms with Crippen LogP contribution in [0.5, 0.6) is 5.75 Å². The Morgan fingerprint density at radius 2 is 1.48 bits per heavy atom. The number of carbonyl (C=O) groups is 9. The number of nitrogens with one attached hydrogen (secondary N) is 9. The smallest absolute Gasteiger partial charge is 0.315 e. The number of amides is 10. The first-order valence-electron chi connectivity index (χ1n) is 21.6. The quantitative estimate of drug-likeness (QED) is 0.0159. The summed E-state index contributed by atoms with van der Waals surface area (Å²) >= 11 is 1.82. The Bertz CT molecular complexity index is 1980. The lowest BCUT2D eigenvalue weighted by molar-refractivity contribution is -0.134. The molecule has 1 unspecified atom stereocenters. The van der Waals surface area contributed by atoms with Crippen molar-refractivity contribution in [1.29, 1.82) is 0 Å². The lowest BCUT2D eigenvalue weighted by atomic mass is 10.0. The molecule has 3 rings (SSSR count). The second kappa shape index (κ2) is 27.7. The number of urea groups is 1. The van der Waals surface area contributed by atoms with Crippen LogP contribution < -0.4 is 64.2 Å². The van der Waals surface area contributed by atoms with Crippen LogP contribution in [0.15, 0.2) is 29.2 Å². The molecule has 0 spiro atoms. The third-order valence-corrected chi connectivity index (χ3v) is 14.3. The van der Waals surface area contributed by atoms with Crippen LogP contribution in [0.25, 0.3) is 0 Å². The van der Waals surface area contributed by atoms with E-state index >= 15 is 0 Å². The van der Waals surface area contributed by atoms with E-state index in [0.717, 1.165) is 30.7 Å². The number of carbonyl (C=O) groups excluding carboxylic acids is 9. The molecule has 0 aliphatic carbocycles. The van der Waals surface area contributed by atoms with Gasteiger partial charge in [-0.3, -0.25) is 43.6 Å². The molecule has 0 saturated carbocycles. The molecule has 0 bridgehead atoms. The molecule has 2 aliphatic heterocycles. The Balaban J connectivity index is 1.39. The van der Waals surface area contributed by atoms with Gasteiger partial charge in [0.25, 0.3) is 0 Å². The van der Waals surface area contributed by atoms with Crippen LogP contribution in [0.1, 0.15) is 77.6 Å². The standard InChI is InChI=1S/C40H63N11O13S2/c1-23(46-38(58)27(10-5-7-17-41)48-39(59)30(19-32(53)51-61)66(62,63)25-15-13-24(64-2)14-16-25)37(57)45-20-33(54)44-21-34(55)47-26(36(42)56)9-6-8-18-43-31(52)12-4-3-11-29-35-28(22-65-29)49-40(60)50-35/h13-16,23,26-30,35,61H,3-12,17-22,41H2,1-2H3,(H2,42,56)(H,43,52)(H,44,54)(H,45,57)(H,46,58)(H,47,55)(H,48,59)(H,51,53)(H2,49,50,60)/t23-,26-,27-,28-,29-,30?,35-/m0/s1. The molecule has 2 fully saturated rings. The molecule has 2 saturated heterocycles. The predicted molar refractivity (Wildman–Crippen MR) is 239 cm³/mol. The third-order valence-electron chi connectivity index (χ3n) is 10.8. The number of thioether (sulfide) groups is 1. The van der Waals surface area contributed by atoms with E-state index in [2.05, 4.69) is 42.5 Å². The minimum Gasteiger partial charge on any atom is -0.497 e. The maximum atomic E-state index is 13.5. The van der Waals surface area contributed by atoms with E-state index in [1.54, 1.807) is 0 Å². The number of hydroxylamine groups is 1. The first-order valence-corrected chi connectivity index (χ1v) is 24.2. The summed E-state index contributed by atoms with van der Waals surface area (Å²) in [5, 5.41) is 27.8. The van der Waals surface area contributed by atoms with Crippen molar-refractivity contribution in [3.63, 3.8) is 0 Å². The summed E-state index contributed by atoms with van der Waals surface area (Å²) in [6.07, 6.45) is 3.63. The monoisotopic (exact) mass is 969 g/mol. The number of rotatable bonds is 30. The van der Waals surface area contributed by atoms with Crippen molar-refractivity contribution in [3.8, 4) is 5.75 Å². The fourth-order valence-corrected chi connectivity index (χ4v) is 10.2. The molecule has 0 radical (unpaired) electrons. The van der Waals surface area contributed by atoms with Crippen LogP contribution >= 0.6 is 11.8 Å². The molecule has 10 amide bonds. The van der Waals surface area contributed by atoms with E-state index in [1.165, 1.54) is 31.6 Å². The molecule has 66 heavy (non-hydrogen) atoms. The average molecular weight is 970 g/mol. The van der Waals surface area contributed by atoms with Gasteiger partial charge >= 0.3 is 6.03 Å². The van der Waals surface area contributed by atoms with Crippen molar-refractivity contribution in [2.45, 2.75) is 123 Å². The highest BCUT2D eigenvalue weighted by molar-refractivity contribution is 8.00. The number of benzene rings is 1. The number of sulfone groups is 1. The van der Waals surface area contributed by atoms with Crippen LogP contribution in [-0.4, -0.2) is 147 Å². The molecule has 2 heterocycles. The number of fused-ring (bicyclic) bond motifs is 1. The number of unbranched alkanes of at least 4 members (excludes halogenated alkanes) is 3. The maximum Gasteiger partial charge on any atom is 0.315 e. The van der Waals surface area contributed by atoms with Crippen molar-refractivity contribution in [1.82, 2.24) is 48.0 Å². The normalized spacial score (nSPS) is 18.1. The van der Waals surface area contributed by atoms with E-state index in [-0.39, 0.29) is 48.3 Å². The number of methoxy groups -OCH3 is 1. The van der Waals surface area contributed by atoms with Gasteiger partial charge in [-0.2, -0.15) is 11.8 Å². The van der Waals surface area contributed by atoms with Gasteiger partial charge in [0.2, 0.25) is 47.3 Å². The molecule has 24 nitrogen and oxygen atoms in total. The molecular weight excluding hydrogens is 907 g/mol. The van der Waals surface area contributed by atoms with Gasteiger partial charge in [-0.15, -0.1) is 0 Å². The molecule has 14 N–H and O–H groups in total. The summed E-state index contributed by atoms with van der Waals surface area (Å²) in [5.41, 5.74) is 12.3. The second-order valence-electron chi connectivity index (χ2n) is 15.8. The molecule has 26 heteroatoms. The van der Waals surface area contributed by atoms with Gasteiger partial charge in [0.1, 0.15) is 23.9 Å². The fourth-order valence-electron chi connectivity index (χ4n) is 7.05. The lowest BCUT2D eigenvalue weighted by Crippen LogP contribution is -2.55. The van der Waals surface area contributed by atoms with E-state index in [9.17, 15) is 51.6 Å². The molecule has 1 aromatic carbocycles. The number of hydrogen-bond acceptors (Lipinski definition) is 15. The number of hydrogen-bond donors (Lipinski definition) is 12. The minimum absolute atomic E-state index is 0.0469. The largest absolute Gasteiger partial charge is 0.497 e. The zero-order valence-electron chi connectivity index (χ0n) is 37.0. The average Bonchev–Trinajstić information content (AvgIpc) is 3.85. The van der Waals surface area contributed by atoms with Crippen molar-refractivity contribution >= 4 is 74.9 Å². The summed E-state index contributed by atoms with van der Waals surface area (Å²) in [6, 6.07) is 1.38. The van der Waals surface area contributed by atoms with Gasteiger partial charge in [-0.05, 0) is 89.1 Å². The van der Waals surface area contributed by atoms with Gasteiger partial charge in [-0.25, -0.2) is 18.7 Å². The van der Waals surface area contributed by atoms with E-state index in [4.69, 9.17) is 21.4 Å². The molecule has 7 atom stereocenters. The maximum absolute atomic E-state index is 13.5. The van der Waals surface area contributed by atoms with Gasteiger partial charge in [-0.1, -0.05) is 6.42 Å². The zero-order chi connectivity index (χ0) is 48.8. The summed E-state index contributed by atoms with van der Waals surface area (Å²) in [5.74, 6) is -5.39. The van der Waals surface area contributed by atoms with Gasteiger partial charge in [0.15, 0.2) is 15.1 Å². The third kappa shape index (κ3) is 17.9. The predicted octanol–water partition coefficient (Wildman–Crippen LogP) is -2.93. The van der Waals surface area contributed by atoms with Gasteiger partial charge in [0, 0.05) is 24.0 Å². The molecular formula is C40H63N11O13S2. The lowest BCUT2D eigenvalue weighted by Gasteiger charge is -2.24. The van der Waals surface area contributed by atoms with Crippen LogP contribution in [0.3, 0.4) is 0 Å². The summed E-state index contributed by atoms with van der Waals surface area (Å²) in [4.78, 5) is 112. The first-order chi connectivity index (χ1) is 31.4. The Labute approximate surface area is 387 Å². The van der Waals surface area contributed by atoms with Crippen LogP contribution in [0.4, 0.5) is 4.79 Å². The number of nitrogens with two attached hydrogens (primary N) is 2. The topological polar surface area (TPSA) is 378 Å².